The van der Waals surface area contributed by atoms with Crippen molar-refractivity contribution in [2.45, 2.75) is 26.3 Å². The summed E-state index contributed by atoms with van der Waals surface area (Å²) in [5.41, 5.74) is 1.82. The zero-order valence-corrected chi connectivity index (χ0v) is 18.8. The first kappa shape index (κ1) is 23.7. The van der Waals surface area contributed by atoms with Gasteiger partial charge in [-0.25, -0.2) is 4.79 Å². The number of methoxy groups -OCH3 is 1. The Morgan fingerprint density at radius 1 is 1.00 bits per heavy atom. The van der Waals surface area contributed by atoms with Crippen LogP contribution in [-0.4, -0.2) is 49.7 Å². The van der Waals surface area contributed by atoms with Gasteiger partial charge in [0, 0.05) is 31.0 Å². The Kier molecular flexibility index (Phi) is 7.61. The lowest BCUT2D eigenvalue weighted by atomic mass is 9.87. The van der Waals surface area contributed by atoms with Crippen molar-refractivity contribution in [2.24, 2.45) is 0 Å². The third-order valence-electron chi connectivity index (χ3n) is 5.25. The fourth-order valence-corrected chi connectivity index (χ4v) is 3.67. The molecule has 0 saturated heterocycles. The molecule has 1 atom stereocenters. The zero-order valence-electron chi connectivity index (χ0n) is 18.8. The lowest BCUT2D eigenvalue weighted by Crippen LogP contribution is -2.43. The molecule has 0 radical (unpaired) electrons. The summed E-state index contributed by atoms with van der Waals surface area (Å²) in [5, 5.41) is 5.52. The van der Waals surface area contributed by atoms with Crippen molar-refractivity contribution in [3.05, 3.63) is 76.5 Å². The van der Waals surface area contributed by atoms with Crippen LogP contribution >= 0.6 is 0 Å². The molecule has 2 aromatic rings. The highest BCUT2D eigenvalue weighted by atomic mass is 16.5. The van der Waals surface area contributed by atoms with Crippen LogP contribution in [-0.2, 0) is 20.7 Å². The van der Waals surface area contributed by atoms with Gasteiger partial charge in [-0.2, -0.15) is 0 Å². The quantitative estimate of drug-likeness (QED) is 0.445. The minimum absolute atomic E-state index is 0.0548. The number of nitrogens with one attached hydrogen (secondary N) is 2. The number of ketones is 2. The first-order chi connectivity index (χ1) is 15.8. The van der Waals surface area contributed by atoms with E-state index >= 15 is 0 Å². The Bertz CT molecular complexity index is 1110. The molecule has 1 aliphatic rings. The average Bonchev–Trinajstić information content (AvgIpc) is 2.81. The van der Waals surface area contributed by atoms with Crippen molar-refractivity contribution in [2.75, 3.05) is 20.3 Å². The van der Waals surface area contributed by atoms with Gasteiger partial charge in [0.1, 0.15) is 18.4 Å². The van der Waals surface area contributed by atoms with E-state index in [4.69, 9.17) is 9.47 Å². The summed E-state index contributed by atoms with van der Waals surface area (Å²) in [4.78, 5) is 49.8. The highest BCUT2D eigenvalue weighted by Crippen LogP contribution is 2.31. The Hall–Kier alpha value is -3.94. The van der Waals surface area contributed by atoms with E-state index in [0.717, 1.165) is 5.56 Å². The second-order valence-electron chi connectivity index (χ2n) is 7.58. The molecule has 1 amide bonds. The van der Waals surface area contributed by atoms with Crippen molar-refractivity contribution in [3.8, 4) is 5.75 Å². The summed E-state index contributed by atoms with van der Waals surface area (Å²) >= 11 is 0. The Labute approximate surface area is 192 Å². The second kappa shape index (κ2) is 10.6. The molecule has 2 N–H and O–H groups in total. The van der Waals surface area contributed by atoms with E-state index in [-0.39, 0.29) is 47.5 Å². The molecular formula is C25H26N2O6. The number of esters is 1. The number of fused-ring (bicyclic) bond motifs is 1. The number of amides is 1. The van der Waals surface area contributed by atoms with Gasteiger partial charge in [-0.3, -0.25) is 14.4 Å². The molecule has 0 saturated carbocycles. The van der Waals surface area contributed by atoms with Crippen molar-refractivity contribution >= 4 is 23.4 Å². The lowest BCUT2D eigenvalue weighted by Gasteiger charge is -2.22. The summed E-state index contributed by atoms with van der Waals surface area (Å²) in [6.45, 7) is 2.96. The smallest absolute Gasteiger partial charge is 0.329 e. The third-order valence-corrected chi connectivity index (χ3v) is 5.25. The SMILES string of the molecule is COc1cccc2c1C(=O)C(NCCOC(=O)C(Cc1ccccc1)NC(C)=O)=C(C)C2=O. The molecule has 8 nitrogen and oxygen atoms in total. The van der Waals surface area contributed by atoms with E-state index in [0.29, 0.717) is 17.7 Å². The van der Waals surface area contributed by atoms with Gasteiger partial charge in [-0.1, -0.05) is 42.5 Å². The van der Waals surface area contributed by atoms with Crippen LogP contribution in [0.4, 0.5) is 0 Å². The van der Waals surface area contributed by atoms with Crippen LogP contribution in [0.2, 0.25) is 0 Å². The molecule has 0 bridgehead atoms. The number of rotatable bonds is 9. The molecule has 1 unspecified atom stereocenters. The Morgan fingerprint density at radius 2 is 1.73 bits per heavy atom. The topological polar surface area (TPSA) is 111 Å². The summed E-state index contributed by atoms with van der Waals surface area (Å²) in [7, 11) is 1.44. The molecule has 1 aliphatic carbocycles. The van der Waals surface area contributed by atoms with Gasteiger partial charge in [-0.15, -0.1) is 0 Å². The highest BCUT2D eigenvalue weighted by molar-refractivity contribution is 6.27. The number of benzene rings is 2. The third kappa shape index (κ3) is 5.46. The van der Waals surface area contributed by atoms with E-state index < -0.39 is 12.0 Å². The van der Waals surface area contributed by atoms with Crippen LogP contribution < -0.4 is 15.4 Å². The minimum atomic E-state index is -0.833. The van der Waals surface area contributed by atoms with Crippen LogP contribution in [0.5, 0.6) is 5.75 Å². The summed E-state index contributed by atoms with van der Waals surface area (Å²) in [5.74, 6) is -1.23. The van der Waals surface area contributed by atoms with Gasteiger partial charge in [0.25, 0.3) is 0 Å². The van der Waals surface area contributed by atoms with Gasteiger partial charge in [0.15, 0.2) is 5.78 Å². The van der Waals surface area contributed by atoms with Crippen molar-refractivity contribution in [3.63, 3.8) is 0 Å². The maximum absolute atomic E-state index is 13.0. The predicted molar refractivity (Wildman–Crippen MR) is 121 cm³/mol. The predicted octanol–water partition coefficient (Wildman–Crippen LogP) is 2.23. The maximum atomic E-state index is 13.0. The average molecular weight is 450 g/mol. The van der Waals surface area contributed by atoms with Gasteiger partial charge in [0.05, 0.1) is 18.4 Å². The largest absolute Gasteiger partial charge is 0.496 e. The summed E-state index contributed by atoms with van der Waals surface area (Å²) in [6, 6.07) is 13.3. The maximum Gasteiger partial charge on any atom is 0.329 e. The number of hydrogen-bond acceptors (Lipinski definition) is 7. The second-order valence-corrected chi connectivity index (χ2v) is 7.58. The number of allylic oxidation sites excluding steroid dienone is 2. The van der Waals surface area contributed by atoms with E-state index in [1.54, 1.807) is 25.1 Å². The Balaban J connectivity index is 1.62. The van der Waals surface area contributed by atoms with E-state index in [1.165, 1.54) is 14.0 Å². The van der Waals surface area contributed by atoms with Gasteiger partial charge in [0.2, 0.25) is 11.7 Å². The van der Waals surface area contributed by atoms with Crippen molar-refractivity contribution in [1.82, 2.24) is 10.6 Å². The lowest BCUT2D eigenvalue weighted by molar-refractivity contribution is -0.147. The highest BCUT2D eigenvalue weighted by Gasteiger charge is 2.32. The fourth-order valence-electron chi connectivity index (χ4n) is 3.67. The van der Waals surface area contributed by atoms with Crippen LogP contribution in [0.15, 0.2) is 59.8 Å². The fraction of sp³-hybridized carbons (Fsp3) is 0.280. The van der Waals surface area contributed by atoms with Gasteiger partial charge < -0.3 is 20.1 Å². The Morgan fingerprint density at radius 3 is 2.39 bits per heavy atom. The van der Waals surface area contributed by atoms with E-state index in [2.05, 4.69) is 10.6 Å². The number of carbonyl (C=O) groups excluding carboxylic acids is 4. The standard InChI is InChI=1S/C25H26N2O6/c1-15-22(24(30)21-18(23(15)29)10-7-11-20(21)32-3)26-12-13-33-25(31)19(27-16(2)28)14-17-8-5-4-6-9-17/h4-11,19,26H,12-14H2,1-3H3,(H,27,28). The van der Waals surface area contributed by atoms with Crippen molar-refractivity contribution in [1.29, 1.82) is 0 Å². The van der Waals surface area contributed by atoms with Crippen LogP contribution in [0.25, 0.3) is 0 Å². The molecule has 0 heterocycles. The molecule has 0 aromatic heterocycles. The molecule has 3 rings (SSSR count). The summed E-state index contributed by atoms with van der Waals surface area (Å²) in [6.07, 6.45) is 0.292. The molecule has 172 valence electrons. The van der Waals surface area contributed by atoms with E-state index in [1.807, 2.05) is 30.3 Å². The molecule has 0 spiro atoms. The first-order valence-electron chi connectivity index (χ1n) is 10.5. The summed E-state index contributed by atoms with van der Waals surface area (Å²) < 4.78 is 10.6. The molecule has 8 heteroatoms. The molecule has 2 aromatic carbocycles. The molecule has 0 fully saturated rings. The van der Waals surface area contributed by atoms with E-state index in [9.17, 15) is 19.2 Å². The minimum Gasteiger partial charge on any atom is -0.496 e. The van der Waals surface area contributed by atoms with Crippen LogP contribution in [0, 0.1) is 0 Å². The first-order valence-corrected chi connectivity index (χ1v) is 10.5. The monoisotopic (exact) mass is 450 g/mol. The van der Waals surface area contributed by atoms with Gasteiger partial charge >= 0.3 is 5.97 Å². The normalized spacial score (nSPS) is 13.8. The van der Waals surface area contributed by atoms with Crippen LogP contribution in [0.1, 0.15) is 40.1 Å². The molecular weight excluding hydrogens is 424 g/mol. The number of carbonyl (C=O) groups is 4. The number of hydrogen-bond donors (Lipinski definition) is 2. The molecule has 0 aliphatic heterocycles. The van der Waals surface area contributed by atoms with Crippen LogP contribution in [0.3, 0.4) is 0 Å². The number of ether oxygens (including phenoxy) is 2. The van der Waals surface area contributed by atoms with Gasteiger partial charge in [-0.05, 0) is 18.6 Å². The molecule has 33 heavy (non-hydrogen) atoms. The van der Waals surface area contributed by atoms with Crippen molar-refractivity contribution < 1.29 is 28.7 Å². The zero-order chi connectivity index (χ0) is 24.0. The number of Topliss-reactive ketones (excluding diaryl/α,β-unsaturated/α-hetero) is 2.